The summed E-state index contributed by atoms with van der Waals surface area (Å²) in [6, 6.07) is 6.60. The zero-order chi connectivity index (χ0) is 14.6. The SMILES string of the molecule is CCOc1cccc(S(=O)(=O)NC2CCNCC2C)c1. The smallest absolute Gasteiger partial charge is 0.240 e. The van der Waals surface area contributed by atoms with Gasteiger partial charge >= 0.3 is 0 Å². The lowest BCUT2D eigenvalue weighted by atomic mass is 9.97. The molecular weight excluding hydrogens is 276 g/mol. The average Bonchev–Trinajstić information content (AvgIpc) is 2.42. The molecule has 1 aliphatic heterocycles. The Labute approximate surface area is 120 Å². The van der Waals surface area contributed by atoms with E-state index in [0.717, 1.165) is 19.5 Å². The fourth-order valence-corrected chi connectivity index (χ4v) is 3.77. The summed E-state index contributed by atoms with van der Waals surface area (Å²) in [6.07, 6.45) is 0.811. The van der Waals surface area contributed by atoms with Crippen molar-refractivity contribution >= 4 is 10.0 Å². The van der Waals surface area contributed by atoms with E-state index in [2.05, 4.69) is 17.0 Å². The van der Waals surface area contributed by atoms with E-state index in [1.807, 2.05) is 6.92 Å². The number of sulfonamides is 1. The first-order chi connectivity index (χ1) is 9.53. The lowest BCUT2D eigenvalue weighted by Crippen LogP contribution is -2.48. The molecule has 1 aromatic carbocycles. The molecule has 1 fully saturated rings. The third-order valence-corrected chi connectivity index (χ3v) is 5.01. The second-order valence-corrected chi connectivity index (χ2v) is 6.82. The van der Waals surface area contributed by atoms with E-state index in [0.29, 0.717) is 12.4 Å². The number of rotatable bonds is 5. The second kappa shape index (κ2) is 6.56. The number of benzene rings is 1. The Morgan fingerprint density at radius 1 is 1.45 bits per heavy atom. The van der Waals surface area contributed by atoms with Gasteiger partial charge in [-0.2, -0.15) is 0 Å². The minimum atomic E-state index is -3.49. The molecule has 0 bridgehead atoms. The van der Waals surface area contributed by atoms with Gasteiger partial charge in [-0.05, 0) is 44.5 Å². The van der Waals surface area contributed by atoms with Crippen LogP contribution in [-0.4, -0.2) is 34.2 Å². The third-order valence-electron chi connectivity index (χ3n) is 3.52. The molecule has 112 valence electrons. The maximum absolute atomic E-state index is 12.4. The van der Waals surface area contributed by atoms with Crippen molar-refractivity contribution in [2.75, 3.05) is 19.7 Å². The van der Waals surface area contributed by atoms with Gasteiger partial charge in [0.2, 0.25) is 10.0 Å². The van der Waals surface area contributed by atoms with Crippen molar-refractivity contribution in [3.8, 4) is 5.75 Å². The number of ether oxygens (including phenoxy) is 1. The first-order valence-electron chi connectivity index (χ1n) is 6.99. The molecule has 0 radical (unpaired) electrons. The highest BCUT2D eigenvalue weighted by atomic mass is 32.2. The van der Waals surface area contributed by atoms with Gasteiger partial charge in [-0.25, -0.2) is 13.1 Å². The van der Waals surface area contributed by atoms with Gasteiger partial charge in [0, 0.05) is 12.1 Å². The minimum Gasteiger partial charge on any atom is -0.494 e. The van der Waals surface area contributed by atoms with Crippen LogP contribution in [0.4, 0.5) is 0 Å². The topological polar surface area (TPSA) is 67.4 Å². The zero-order valence-corrected chi connectivity index (χ0v) is 12.7. The lowest BCUT2D eigenvalue weighted by Gasteiger charge is -2.29. The highest BCUT2D eigenvalue weighted by molar-refractivity contribution is 7.89. The van der Waals surface area contributed by atoms with Gasteiger partial charge in [0.25, 0.3) is 0 Å². The summed E-state index contributed by atoms with van der Waals surface area (Å²) in [5.41, 5.74) is 0. The van der Waals surface area contributed by atoms with Crippen LogP contribution in [0.5, 0.6) is 5.75 Å². The Hall–Kier alpha value is -1.11. The molecule has 1 heterocycles. The summed E-state index contributed by atoms with van der Waals surface area (Å²) in [6.45, 7) is 6.12. The summed E-state index contributed by atoms with van der Waals surface area (Å²) in [4.78, 5) is 0.259. The molecule has 6 heteroatoms. The molecule has 5 nitrogen and oxygen atoms in total. The Bertz CT molecular complexity index is 545. The Morgan fingerprint density at radius 3 is 2.95 bits per heavy atom. The molecule has 2 N–H and O–H groups in total. The molecule has 1 aliphatic rings. The first-order valence-corrected chi connectivity index (χ1v) is 8.47. The van der Waals surface area contributed by atoms with Gasteiger partial charge < -0.3 is 10.1 Å². The van der Waals surface area contributed by atoms with Crippen molar-refractivity contribution in [1.29, 1.82) is 0 Å². The van der Waals surface area contributed by atoms with Crippen LogP contribution in [-0.2, 0) is 10.0 Å². The van der Waals surface area contributed by atoms with Crippen molar-refractivity contribution in [3.63, 3.8) is 0 Å². The predicted molar refractivity (Wildman–Crippen MR) is 78.4 cm³/mol. The normalized spacial score (nSPS) is 23.5. The van der Waals surface area contributed by atoms with E-state index in [1.165, 1.54) is 0 Å². The fourth-order valence-electron chi connectivity index (χ4n) is 2.35. The summed E-state index contributed by atoms with van der Waals surface area (Å²) >= 11 is 0. The van der Waals surface area contributed by atoms with Crippen LogP contribution in [0.2, 0.25) is 0 Å². The van der Waals surface area contributed by atoms with Gasteiger partial charge in [-0.3, -0.25) is 0 Å². The molecule has 0 aliphatic carbocycles. The number of piperidine rings is 1. The Morgan fingerprint density at radius 2 is 2.25 bits per heavy atom. The largest absolute Gasteiger partial charge is 0.494 e. The molecule has 0 amide bonds. The van der Waals surface area contributed by atoms with E-state index in [-0.39, 0.29) is 16.9 Å². The van der Waals surface area contributed by atoms with Gasteiger partial charge in [-0.15, -0.1) is 0 Å². The fraction of sp³-hybridized carbons (Fsp3) is 0.571. The van der Waals surface area contributed by atoms with E-state index in [4.69, 9.17) is 4.74 Å². The molecule has 2 atom stereocenters. The van der Waals surface area contributed by atoms with Crippen LogP contribution in [0.15, 0.2) is 29.2 Å². The second-order valence-electron chi connectivity index (χ2n) is 5.11. The summed E-state index contributed by atoms with van der Waals surface area (Å²) < 4.78 is 33.0. The molecule has 1 aromatic rings. The van der Waals surface area contributed by atoms with E-state index in [9.17, 15) is 8.42 Å². The zero-order valence-electron chi connectivity index (χ0n) is 11.9. The number of nitrogens with one attached hydrogen (secondary N) is 2. The molecule has 1 saturated heterocycles. The lowest BCUT2D eigenvalue weighted by molar-refractivity contribution is 0.327. The molecule has 0 aromatic heterocycles. The molecule has 0 spiro atoms. The summed E-state index contributed by atoms with van der Waals surface area (Å²) in [5, 5.41) is 3.26. The van der Waals surface area contributed by atoms with Crippen molar-refractivity contribution < 1.29 is 13.2 Å². The van der Waals surface area contributed by atoms with Crippen molar-refractivity contribution in [1.82, 2.24) is 10.0 Å². The average molecular weight is 298 g/mol. The van der Waals surface area contributed by atoms with Crippen molar-refractivity contribution in [3.05, 3.63) is 24.3 Å². The van der Waals surface area contributed by atoms with Crippen LogP contribution in [0.3, 0.4) is 0 Å². The van der Waals surface area contributed by atoms with Crippen molar-refractivity contribution in [2.24, 2.45) is 5.92 Å². The van der Waals surface area contributed by atoms with Crippen molar-refractivity contribution in [2.45, 2.75) is 31.2 Å². The molecule has 0 saturated carbocycles. The van der Waals surface area contributed by atoms with Crippen LogP contribution >= 0.6 is 0 Å². The highest BCUT2D eigenvalue weighted by Gasteiger charge is 2.26. The minimum absolute atomic E-state index is 0.0167. The number of hydrogen-bond donors (Lipinski definition) is 2. The van der Waals surface area contributed by atoms with Gasteiger partial charge in [0.15, 0.2) is 0 Å². The van der Waals surface area contributed by atoms with E-state index >= 15 is 0 Å². The quantitative estimate of drug-likeness (QED) is 0.861. The standard InChI is InChI=1S/C14H22N2O3S/c1-3-19-12-5-4-6-13(9-12)20(17,18)16-14-7-8-15-10-11(14)2/h4-6,9,11,14-16H,3,7-8,10H2,1-2H3. The number of hydrogen-bond acceptors (Lipinski definition) is 4. The molecule has 20 heavy (non-hydrogen) atoms. The molecule has 2 rings (SSSR count). The van der Waals surface area contributed by atoms with Crippen LogP contribution in [0, 0.1) is 5.92 Å². The predicted octanol–water partition coefficient (Wildman–Crippen LogP) is 1.36. The third kappa shape index (κ3) is 3.71. The molecule has 2 unspecified atom stereocenters. The van der Waals surface area contributed by atoms with E-state index in [1.54, 1.807) is 24.3 Å². The van der Waals surface area contributed by atoms with Gasteiger partial charge in [-0.1, -0.05) is 13.0 Å². The summed E-state index contributed by atoms with van der Waals surface area (Å²) in [5.74, 6) is 0.863. The summed E-state index contributed by atoms with van der Waals surface area (Å²) in [7, 11) is -3.49. The Balaban J connectivity index is 2.15. The van der Waals surface area contributed by atoms with Gasteiger partial charge in [0.1, 0.15) is 5.75 Å². The van der Waals surface area contributed by atoms with E-state index < -0.39 is 10.0 Å². The maximum Gasteiger partial charge on any atom is 0.240 e. The Kier molecular flexibility index (Phi) is 5.01. The van der Waals surface area contributed by atoms with Gasteiger partial charge in [0.05, 0.1) is 11.5 Å². The van der Waals surface area contributed by atoms with Crippen LogP contribution in [0.25, 0.3) is 0 Å². The first kappa shape index (κ1) is 15.3. The van der Waals surface area contributed by atoms with Crippen LogP contribution in [0.1, 0.15) is 20.3 Å². The van der Waals surface area contributed by atoms with Crippen LogP contribution < -0.4 is 14.8 Å². The highest BCUT2D eigenvalue weighted by Crippen LogP contribution is 2.19. The maximum atomic E-state index is 12.4. The monoisotopic (exact) mass is 298 g/mol. The molecular formula is C14H22N2O3S.